The summed E-state index contributed by atoms with van der Waals surface area (Å²) in [6.07, 6.45) is 6.73. The van der Waals surface area contributed by atoms with E-state index in [0.29, 0.717) is 19.4 Å². The molecule has 0 aromatic carbocycles. The van der Waals surface area contributed by atoms with E-state index in [1.165, 1.54) is 4.90 Å². The zero-order valence-corrected chi connectivity index (χ0v) is 12.1. The van der Waals surface area contributed by atoms with Gasteiger partial charge >= 0.3 is 6.03 Å². The minimum absolute atomic E-state index is 0.276. The zero-order valence-electron chi connectivity index (χ0n) is 11.2. The van der Waals surface area contributed by atoms with Crippen LogP contribution in [0.15, 0.2) is 0 Å². The van der Waals surface area contributed by atoms with Crippen LogP contribution in [-0.4, -0.2) is 41.3 Å². The molecule has 0 atom stereocenters. The largest absolute Gasteiger partial charge is 0.330 e. The van der Waals surface area contributed by atoms with Crippen molar-refractivity contribution in [3.05, 3.63) is 0 Å². The average molecular weight is 284 g/mol. The molecule has 0 unspecified atom stereocenters. The van der Waals surface area contributed by atoms with E-state index in [-0.39, 0.29) is 11.8 Å². The summed E-state index contributed by atoms with van der Waals surface area (Å²) in [5.74, 6) is 0.239. The number of rotatable bonds is 4. The molecule has 1 aliphatic carbocycles. The Kier molecular flexibility index (Phi) is 4.50. The van der Waals surface area contributed by atoms with Crippen molar-refractivity contribution in [2.45, 2.75) is 38.5 Å². The number of hydrogen-bond acceptors (Lipinski definition) is 4. The standard InChI is InChI=1S/C13H20N2O3S/c1-19-9-5-8-15-11(17)13(6-3-2-4-7-13)10(16)14-12(15)18/h2-9H2,1H3,(H,14,16,18). The third kappa shape index (κ3) is 2.63. The molecule has 4 amide bonds. The van der Waals surface area contributed by atoms with Gasteiger partial charge in [0.25, 0.3) is 0 Å². The lowest BCUT2D eigenvalue weighted by Crippen LogP contribution is -2.64. The Morgan fingerprint density at radius 3 is 2.53 bits per heavy atom. The second-order valence-corrected chi connectivity index (χ2v) is 6.19. The van der Waals surface area contributed by atoms with Crippen LogP contribution in [0.2, 0.25) is 0 Å². The van der Waals surface area contributed by atoms with Gasteiger partial charge in [0.15, 0.2) is 0 Å². The van der Waals surface area contributed by atoms with Crippen molar-refractivity contribution in [2.75, 3.05) is 18.6 Å². The van der Waals surface area contributed by atoms with Crippen molar-refractivity contribution >= 4 is 29.6 Å². The Morgan fingerprint density at radius 2 is 1.89 bits per heavy atom. The molecule has 1 saturated carbocycles. The van der Waals surface area contributed by atoms with Crippen molar-refractivity contribution in [1.29, 1.82) is 0 Å². The summed E-state index contributed by atoms with van der Waals surface area (Å²) in [6, 6.07) is -0.549. The highest BCUT2D eigenvalue weighted by molar-refractivity contribution is 7.98. The highest BCUT2D eigenvalue weighted by Crippen LogP contribution is 2.40. The summed E-state index contributed by atoms with van der Waals surface area (Å²) < 4.78 is 0. The van der Waals surface area contributed by atoms with Gasteiger partial charge in [-0.05, 0) is 31.3 Å². The Balaban J connectivity index is 2.14. The second kappa shape index (κ2) is 5.94. The van der Waals surface area contributed by atoms with Crippen molar-refractivity contribution < 1.29 is 14.4 Å². The molecule has 0 aromatic heterocycles. The first-order valence-corrected chi connectivity index (χ1v) is 8.17. The van der Waals surface area contributed by atoms with E-state index in [9.17, 15) is 14.4 Å². The molecule has 2 rings (SSSR count). The number of nitrogens with zero attached hydrogens (tertiary/aromatic N) is 1. The fraction of sp³-hybridized carbons (Fsp3) is 0.769. The number of barbiturate groups is 1. The monoisotopic (exact) mass is 284 g/mol. The molecule has 1 N–H and O–H groups in total. The normalized spacial score (nSPS) is 22.8. The lowest BCUT2D eigenvalue weighted by atomic mass is 9.71. The van der Waals surface area contributed by atoms with E-state index in [2.05, 4.69) is 5.32 Å². The maximum Gasteiger partial charge on any atom is 0.330 e. The second-order valence-electron chi connectivity index (χ2n) is 5.21. The summed E-state index contributed by atoms with van der Waals surface area (Å²) in [4.78, 5) is 37.7. The summed E-state index contributed by atoms with van der Waals surface area (Å²) in [7, 11) is 0. The fourth-order valence-corrected chi connectivity index (χ4v) is 3.32. The number of hydrogen-bond donors (Lipinski definition) is 1. The summed E-state index contributed by atoms with van der Waals surface area (Å²) in [5.41, 5.74) is -0.967. The van der Waals surface area contributed by atoms with Crippen LogP contribution in [0.3, 0.4) is 0 Å². The third-order valence-corrected chi connectivity index (χ3v) is 4.69. The van der Waals surface area contributed by atoms with Crippen LogP contribution in [0, 0.1) is 5.41 Å². The molecular weight excluding hydrogens is 264 g/mol. The number of carbonyl (C=O) groups is 3. The highest BCUT2D eigenvalue weighted by Gasteiger charge is 2.53. The van der Waals surface area contributed by atoms with Gasteiger partial charge in [0.1, 0.15) is 5.41 Å². The Bertz CT molecular complexity index is 391. The molecule has 19 heavy (non-hydrogen) atoms. The summed E-state index contributed by atoms with van der Waals surface area (Å²) in [5, 5.41) is 2.37. The van der Waals surface area contributed by atoms with Gasteiger partial charge in [-0.25, -0.2) is 4.79 Å². The number of amides is 4. The molecule has 2 fully saturated rings. The Hall–Kier alpha value is -1.04. The molecule has 1 heterocycles. The number of urea groups is 1. The number of thioether (sulfide) groups is 1. The number of carbonyl (C=O) groups excluding carboxylic acids is 3. The minimum atomic E-state index is -0.967. The molecule has 106 valence electrons. The quantitative estimate of drug-likeness (QED) is 0.631. The lowest BCUT2D eigenvalue weighted by molar-refractivity contribution is -0.153. The first kappa shape index (κ1) is 14.4. The predicted molar refractivity (Wildman–Crippen MR) is 73.8 cm³/mol. The SMILES string of the molecule is CSCCCN1C(=O)NC(=O)C2(CCCCC2)C1=O. The maximum atomic E-state index is 12.6. The van der Waals surface area contributed by atoms with E-state index in [1.807, 2.05) is 6.26 Å². The van der Waals surface area contributed by atoms with Gasteiger partial charge in [0.05, 0.1) is 0 Å². The molecule has 1 spiro atoms. The van der Waals surface area contributed by atoms with Gasteiger partial charge in [-0.2, -0.15) is 11.8 Å². The Labute approximate surface area is 117 Å². The van der Waals surface area contributed by atoms with Crippen molar-refractivity contribution in [3.63, 3.8) is 0 Å². The van der Waals surface area contributed by atoms with Crippen LogP contribution in [0.5, 0.6) is 0 Å². The van der Waals surface area contributed by atoms with E-state index in [4.69, 9.17) is 0 Å². The van der Waals surface area contributed by atoms with E-state index in [1.54, 1.807) is 11.8 Å². The van der Waals surface area contributed by atoms with Crippen molar-refractivity contribution in [2.24, 2.45) is 5.41 Å². The van der Waals surface area contributed by atoms with Gasteiger partial charge in [-0.3, -0.25) is 19.8 Å². The first-order chi connectivity index (χ1) is 9.12. The van der Waals surface area contributed by atoms with E-state index in [0.717, 1.165) is 31.4 Å². The highest BCUT2D eigenvalue weighted by atomic mass is 32.2. The summed E-state index contributed by atoms with van der Waals surface area (Å²) >= 11 is 1.68. The molecule has 1 saturated heterocycles. The zero-order chi connectivity index (χ0) is 13.9. The fourth-order valence-electron chi connectivity index (χ4n) is 2.90. The lowest BCUT2D eigenvalue weighted by Gasteiger charge is -2.41. The predicted octanol–water partition coefficient (Wildman–Crippen LogP) is 1.77. The van der Waals surface area contributed by atoms with Crippen molar-refractivity contribution in [3.8, 4) is 0 Å². The molecule has 0 radical (unpaired) electrons. The number of imide groups is 2. The summed E-state index contributed by atoms with van der Waals surface area (Å²) in [6.45, 7) is 0.403. The van der Waals surface area contributed by atoms with Crippen LogP contribution in [0.25, 0.3) is 0 Å². The topological polar surface area (TPSA) is 66.5 Å². The van der Waals surface area contributed by atoms with Gasteiger partial charge in [-0.1, -0.05) is 19.3 Å². The first-order valence-electron chi connectivity index (χ1n) is 6.78. The van der Waals surface area contributed by atoms with Crippen LogP contribution in [-0.2, 0) is 9.59 Å². The van der Waals surface area contributed by atoms with Crippen LogP contribution in [0.1, 0.15) is 38.5 Å². The van der Waals surface area contributed by atoms with Gasteiger partial charge < -0.3 is 0 Å². The third-order valence-electron chi connectivity index (χ3n) is 3.99. The number of nitrogens with one attached hydrogen (secondary N) is 1. The van der Waals surface area contributed by atoms with E-state index < -0.39 is 11.4 Å². The maximum absolute atomic E-state index is 12.6. The minimum Gasteiger partial charge on any atom is -0.277 e. The van der Waals surface area contributed by atoms with Crippen molar-refractivity contribution in [1.82, 2.24) is 10.2 Å². The van der Waals surface area contributed by atoms with Crippen LogP contribution < -0.4 is 5.32 Å². The van der Waals surface area contributed by atoms with Gasteiger partial charge in [0.2, 0.25) is 11.8 Å². The van der Waals surface area contributed by atoms with Crippen LogP contribution >= 0.6 is 11.8 Å². The average Bonchev–Trinajstić information content (AvgIpc) is 2.42. The molecule has 5 nitrogen and oxygen atoms in total. The van der Waals surface area contributed by atoms with E-state index >= 15 is 0 Å². The molecule has 2 aliphatic rings. The van der Waals surface area contributed by atoms with Crippen LogP contribution in [0.4, 0.5) is 4.79 Å². The molecular formula is C13H20N2O3S. The van der Waals surface area contributed by atoms with Gasteiger partial charge in [-0.15, -0.1) is 0 Å². The Morgan fingerprint density at radius 1 is 1.21 bits per heavy atom. The molecule has 1 aliphatic heterocycles. The van der Waals surface area contributed by atoms with Gasteiger partial charge in [0, 0.05) is 6.54 Å². The molecule has 6 heteroatoms. The molecule has 0 aromatic rings. The smallest absolute Gasteiger partial charge is 0.277 e. The molecule has 0 bridgehead atoms.